The third kappa shape index (κ3) is 1.09. The first kappa shape index (κ1) is 6.66. The second kappa shape index (κ2) is 2.54. The van der Waals surface area contributed by atoms with Crippen LogP contribution in [0.1, 0.15) is 24.3 Å². The van der Waals surface area contributed by atoms with Gasteiger partial charge in [0.15, 0.2) is 0 Å². The topological polar surface area (TPSA) is 0 Å². The van der Waals surface area contributed by atoms with E-state index in [2.05, 4.69) is 36.9 Å². The van der Waals surface area contributed by atoms with E-state index in [1.165, 1.54) is 24.0 Å². The first-order chi connectivity index (χ1) is 5.38. The number of benzene rings is 1. The van der Waals surface area contributed by atoms with Crippen molar-refractivity contribution in [2.75, 3.05) is 0 Å². The zero-order chi connectivity index (χ0) is 7.68. The van der Waals surface area contributed by atoms with Crippen LogP contribution >= 0.6 is 0 Å². The molecule has 0 bridgehead atoms. The monoisotopic (exact) mass is 144 g/mol. The largest absolute Gasteiger partial charge is 0.0992 e. The average Bonchev–Trinajstić information content (AvgIpc) is 2.04. The van der Waals surface area contributed by atoms with Gasteiger partial charge in [-0.1, -0.05) is 42.5 Å². The Morgan fingerprint density at radius 1 is 1.18 bits per heavy atom. The Morgan fingerprint density at radius 2 is 1.91 bits per heavy atom. The van der Waals surface area contributed by atoms with E-state index < -0.39 is 0 Å². The van der Waals surface area contributed by atoms with Gasteiger partial charge in [-0.15, -0.1) is 0 Å². The molecular formula is C11H12. The van der Waals surface area contributed by atoms with Crippen LogP contribution in [0, 0.1) is 0 Å². The summed E-state index contributed by atoms with van der Waals surface area (Å²) in [7, 11) is 0. The van der Waals surface area contributed by atoms with Gasteiger partial charge in [-0.25, -0.2) is 0 Å². The van der Waals surface area contributed by atoms with Crippen LogP contribution in [0.4, 0.5) is 0 Å². The second-order valence-electron chi connectivity index (χ2n) is 3.16. The highest BCUT2D eigenvalue weighted by Crippen LogP contribution is 2.40. The number of hydrogen-bond acceptors (Lipinski definition) is 0. The molecule has 11 heavy (non-hydrogen) atoms. The van der Waals surface area contributed by atoms with E-state index in [0.717, 1.165) is 0 Å². The highest BCUT2D eigenvalue weighted by molar-refractivity contribution is 5.32. The molecule has 0 aliphatic heterocycles. The number of allylic oxidation sites excluding steroid dienone is 1. The Labute approximate surface area is 67.6 Å². The fourth-order valence-electron chi connectivity index (χ4n) is 1.58. The van der Waals surface area contributed by atoms with Crippen molar-refractivity contribution in [2.45, 2.75) is 18.8 Å². The van der Waals surface area contributed by atoms with E-state index in [0.29, 0.717) is 5.92 Å². The van der Waals surface area contributed by atoms with Crippen LogP contribution in [-0.4, -0.2) is 0 Å². The van der Waals surface area contributed by atoms with Gasteiger partial charge >= 0.3 is 0 Å². The molecule has 1 aliphatic carbocycles. The highest BCUT2D eigenvalue weighted by atomic mass is 14.3. The Kier molecular flexibility index (Phi) is 1.54. The average molecular weight is 144 g/mol. The van der Waals surface area contributed by atoms with Gasteiger partial charge in [0.1, 0.15) is 0 Å². The first-order valence-electron chi connectivity index (χ1n) is 4.10. The molecule has 0 radical (unpaired) electrons. The Balaban J connectivity index is 2.23. The quantitative estimate of drug-likeness (QED) is 0.531. The Hall–Kier alpha value is -1.04. The van der Waals surface area contributed by atoms with Crippen LogP contribution in [0.2, 0.25) is 0 Å². The van der Waals surface area contributed by atoms with Crippen LogP contribution in [-0.2, 0) is 0 Å². The maximum Gasteiger partial charge on any atom is 0.00485 e. The second-order valence-corrected chi connectivity index (χ2v) is 3.16. The van der Waals surface area contributed by atoms with Gasteiger partial charge < -0.3 is 0 Å². The van der Waals surface area contributed by atoms with E-state index >= 15 is 0 Å². The fraction of sp³-hybridized carbons (Fsp3) is 0.273. The summed E-state index contributed by atoms with van der Waals surface area (Å²) in [5.74, 6) is 0.663. The van der Waals surface area contributed by atoms with Crippen molar-refractivity contribution < 1.29 is 0 Å². The highest BCUT2D eigenvalue weighted by Gasteiger charge is 2.22. The fourth-order valence-corrected chi connectivity index (χ4v) is 1.58. The van der Waals surface area contributed by atoms with Crippen molar-refractivity contribution in [3.8, 4) is 0 Å². The molecule has 56 valence electrons. The molecule has 0 heteroatoms. The van der Waals surface area contributed by atoms with E-state index in [-0.39, 0.29) is 0 Å². The minimum absolute atomic E-state index is 0.663. The lowest BCUT2D eigenvalue weighted by Crippen LogP contribution is -2.11. The van der Waals surface area contributed by atoms with Crippen molar-refractivity contribution >= 4 is 0 Å². The molecular weight excluding hydrogens is 132 g/mol. The molecule has 1 saturated carbocycles. The lowest BCUT2D eigenvalue weighted by Gasteiger charge is -2.29. The summed E-state index contributed by atoms with van der Waals surface area (Å²) < 4.78 is 0. The van der Waals surface area contributed by atoms with Crippen molar-refractivity contribution in [1.29, 1.82) is 0 Å². The molecule has 1 aromatic carbocycles. The molecule has 0 heterocycles. The predicted molar refractivity (Wildman–Crippen MR) is 47.6 cm³/mol. The predicted octanol–water partition coefficient (Wildman–Crippen LogP) is 3.12. The van der Waals surface area contributed by atoms with Crippen LogP contribution in [0.3, 0.4) is 0 Å². The number of rotatable bonds is 1. The van der Waals surface area contributed by atoms with Gasteiger partial charge in [-0.3, -0.25) is 0 Å². The standard InChI is InChI=1S/C11H12/c1-9-7-8-11(9)10-5-3-2-4-6-10/h2-6,11H,1,7-8H2. The van der Waals surface area contributed by atoms with E-state index in [1.807, 2.05) is 0 Å². The Morgan fingerprint density at radius 3 is 2.36 bits per heavy atom. The molecule has 2 rings (SSSR count). The summed E-state index contributed by atoms with van der Waals surface area (Å²) in [4.78, 5) is 0. The van der Waals surface area contributed by atoms with E-state index in [4.69, 9.17) is 0 Å². The van der Waals surface area contributed by atoms with Crippen molar-refractivity contribution in [1.82, 2.24) is 0 Å². The normalized spacial score (nSPS) is 22.9. The minimum Gasteiger partial charge on any atom is -0.0992 e. The van der Waals surface area contributed by atoms with Crippen LogP contribution in [0.5, 0.6) is 0 Å². The smallest absolute Gasteiger partial charge is 0.00485 e. The molecule has 0 saturated heterocycles. The van der Waals surface area contributed by atoms with Gasteiger partial charge in [0.25, 0.3) is 0 Å². The maximum atomic E-state index is 4.02. The maximum absolute atomic E-state index is 4.02. The van der Waals surface area contributed by atoms with Gasteiger partial charge in [0.2, 0.25) is 0 Å². The van der Waals surface area contributed by atoms with Crippen molar-refractivity contribution in [3.63, 3.8) is 0 Å². The molecule has 0 aromatic heterocycles. The van der Waals surface area contributed by atoms with Crippen LogP contribution < -0.4 is 0 Å². The van der Waals surface area contributed by atoms with Crippen LogP contribution in [0.15, 0.2) is 42.5 Å². The van der Waals surface area contributed by atoms with Crippen molar-refractivity contribution in [3.05, 3.63) is 48.0 Å². The molecule has 0 nitrogen and oxygen atoms in total. The summed E-state index contributed by atoms with van der Waals surface area (Å²) in [6, 6.07) is 10.6. The Bertz CT molecular complexity index is 259. The third-order valence-electron chi connectivity index (χ3n) is 2.45. The molecule has 0 spiro atoms. The lowest BCUT2D eigenvalue weighted by atomic mass is 9.76. The molecule has 1 unspecified atom stereocenters. The summed E-state index contributed by atoms with van der Waals surface area (Å²) in [6.07, 6.45) is 2.52. The minimum atomic E-state index is 0.663. The van der Waals surface area contributed by atoms with Gasteiger partial charge in [0, 0.05) is 5.92 Å². The molecule has 0 N–H and O–H groups in total. The number of hydrogen-bond donors (Lipinski definition) is 0. The zero-order valence-corrected chi connectivity index (χ0v) is 6.59. The van der Waals surface area contributed by atoms with Gasteiger partial charge in [0.05, 0.1) is 0 Å². The zero-order valence-electron chi connectivity index (χ0n) is 6.59. The third-order valence-corrected chi connectivity index (χ3v) is 2.45. The van der Waals surface area contributed by atoms with E-state index in [1.54, 1.807) is 0 Å². The van der Waals surface area contributed by atoms with E-state index in [9.17, 15) is 0 Å². The van der Waals surface area contributed by atoms with Gasteiger partial charge in [-0.05, 0) is 18.4 Å². The molecule has 1 aliphatic rings. The summed E-state index contributed by atoms with van der Waals surface area (Å²) in [5, 5.41) is 0. The summed E-state index contributed by atoms with van der Waals surface area (Å²) in [6.45, 7) is 4.02. The lowest BCUT2D eigenvalue weighted by molar-refractivity contribution is 0.567. The molecule has 1 aromatic rings. The summed E-state index contributed by atoms with van der Waals surface area (Å²) >= 11 is 0. The van der Waals surface area contributed by atoms with Gasteiger partial charge in [-0.2, -0.15) is 0 Å². The molecule has 1 atom stereocenters. The SMILES string of the molecule is C=C1CCC1c1ccccc1. The van der Waals surface area contributed by atoms with Crippen LogP contribution in [0.25, 0.3) is 0 Å². The summed E-state index contributed by atoms with van der Waals surface area (Å²) in [5.41, 5.74) is 2.83. The van der Waals surface area contributed by atoms with Crippen molar-refractivity contribution in [2.24, 2.45) is 0 Å². The first-order valence-corrected chi connectivity index (χ1v) is 4.10. The molecule has 1 fully saturated rings. The molecule has 0 amide bonds.